The Hall–Kier alpha value is -3.02. The predicted octanol–water partition coefficient (Wildman–Crippen LogP) is 7.14. The van der Waals surface area contributed by atoms with Crippen LogP contribution in [0.1, 0.15) is 34.1 Å². The average molecular weight is 509 g/mol. The normalized spacial score (nSPS) is 11.8. The highest BCUT2D eigenvalue weighted by Gasteiger charge is 2.25. The quantitative estimate of drug-likeness (QED) is 0.205. The van der Waals surface area contributed by atoms with Gasteiger partial charge in [0, 0.05) is 26.0 Å². The summed E-state index contributed by atoms with van der Waals surface area (Å²) in [6.07, 6.45) is -0.504. The van der Waals surface area contributed by atoms with Crippen molar-refractivity contribution in [1.29, 1.82) is 0 Å². The first-order valence-electron chi connectivity index (χ1n) is 10.1. The van der Waals surface area contributed by atoms with Gasteiger partial charge in [-0.1, -0.05) is 76.9 Å². The second kappa shape index (κ2) is 9.63. The first-order chi connectivity index (χ1) is 15.5. The van der Waals surface area contributed by atoms with Gasteiger partial charge in [0.05, 0.1) is 16.8 Å². The zero-order chi connectivity index (χ0) is 22.7. The number of esters is 1. The summed E-state index contributed by atoms with van der Waals surface area (Å²) in [4.78, 5) is 30.8. The van der Waals surface area contributed by atoms with E-state index in [0.717, 1.165) is 10.0 Å². The van der Waals surface area contributed by atoms with Crippen LogP contribution in [-0.2, 0) is 4.74 Å². The van der Waals surface area contributed by atoms with Gasteiger partial charge in [-0.05, 0) is 42.8 Å². The van der Waals surface area contributed by atoms with Crippen LogP contribution in [0.25, 0.3) is 22.2 Å². The lowest BCUT2D eigenvalue weighted by molar-refractivity contribution is 0.0279. The Labute approximate surface area is 199 Å². The summed E-state index contributed by atoms with van der Waals surface area (Å²) >= 11 is 9.47. The van der Waals surface area contributed by atoms with E-state index in [2.05, 4.69) is 15.9 Å². The van der Waals surface area contributed by atoms with Crippen molar-refractivity contribution < 1.29 is 14.3 Å². The van der Waals surface area contributed by atoms with E-state index in [1.54, 1.807) is 42.5 Å². The molecule has 0 N–H and O–H groups in total. The molecule has 1 atom stereocenters. The minimum atomic E-state index is -0.876. The van der Waals surface area contributed by atoms with Crippen LogP contribution in [0.4, 0.5) is 0 Å². The molecule has 0 aliphatic rings. The number of carbonyl (C=O) groups excluding carboxylic acids is 2. The summed E-state index contributed by atoms with van der Waals surface area (Å²) in [5, 5.41) is 1.26. The molecule has 160 valence electrons. The Bertz CT molecular complexity index is 1290. The number of ketones is 1. The van der Waals surface area contributed by atoms with E-state index < -0.39 is 12.1 Å². The molecule has 1 heterocycles. The second-order valence-electron chi connectivity index (χ2n) is 7.26. The van der Waals surface area contributed by atoms with E-state index >= 15 is 0 Å². The van der Waals surface area contributed by atoms with Gasteiger partial charge in [0.2, 0.25) is 5.78 Å². The number of rotatable bonds is 6. The van der Waals surface area contributed by atoms with Crippen molar-refractivity contribution in [1.82, 2.24) is 4.98 Å². The largest absolute Gasteiger partial charge is 0.450 e. The molecule has 0 bridgehead atoms. The number of hydrogen-bond donors (Lipinski definition) is 0. The van der Waals surface area contributed by atoms with Crippen molar-refractivity contribution in [3.05, 3.63) is 99.5 Å². The first-order valence-corrected chi connectivity index (χ1v) is 11.3. The molecule has 4 nitrogen and oxygen atoms in total. The Balaban J connectivity index is 1.74. The van der Waals surface area contributed by atoms with E-state index in [4.69, 9.17) is 21.3 Å². The highest BCUT2D eigenvalue weighted by Crippen LogP contribution is 2.29. The number of halogens is 2. The third-order valence-electron chi connectivity index (χ3n) is 5.10. The topological polar surface area (TPSA) is 56.3 Å². The summed E-state index contributed by atoms with van der Waals surface area (Å²) in [6, 6.07) is 23.3. The fraction of sp³-hybridized carbons (Fsp3) is 0.115. The molecule has 0 amide bonds. The molecule has 0 fully saturated rings. The van der Waals surface area contributed by atoms with Gasteiger partial charge >= 0.3 is 5.97 Å². The van der Waals surface area contributed by atoms with Crippen molar-refractivity contribution >= 4 is 50.2 Å². The Morgan fingerprint density at radius 1 is 1.00 bits per heavy atom. The Kier molecular flexibility index (Phi) is 6.68. The molecule has 4 aromatic rings. The maximum absolute atomic E-state index is 13.3. The zero-order valence-corrected chi connectivity index (χ0v) is 19.6. The van der Waals surface area contributed by atoms with E-state index in [1.165, 1.54) is 0 Å². The standard InChI is InChI=1S/C26H19BrClNO3/c1-2-24(25(30)17-6-4-3-5-7-17)32-26(31)21-15-23(16-8-11-19(28)12-9-16)29-22-13-10-18(27)14-20(21)22/h3-15,24H,2H2,1H3. The summed E-state index contributed by atoms with van der Waals surface area (Å²) in [7, 11) is 0. The van der Waals surface area contributed by atoms with Crippen molar-refractivity contribution in [3.63, 3.8) is 0 Å². The molecule has 6 heteroatoms. The van der Waals surface area contributed by atoms with Gasteiger partial charge < -0.3 is 4.74 Å². The molecule has 0 saturated heterocycles. The van der Waals surface area contributed by atoms with Gasteiger partial charge in [-0.15, -0.1) is 0 Å². The molecule has 0 spiro atoms. The molecule has 0 radical (unpaired) electrons. The van der Waals surface area contributed by atoms with Crippen molar-refractivity contribution in [3.8, 4) is 11.3 Å². The molecule has 32 heavy (non-hydrogen) atoms. The fourth-order valence-electron chi connectivity index (χ4n) is 3.44. The average Bonchev–Trinajstić information content (AvgIpc) is 2.82. The van der Waals surface area contributed by atoms with E-state index in [9.17, 15) is 9.59 Å². The van der Waals surface area contributed by atoms with Crippen LogP contribution in [0, 0.1) is 0 Å². The lowest BCUT2D eigenvalue weighted by Crippen LogP contribution is -2.27. The van der Waals surface area contributed by atoms with Gasteiger partial charge in [0.25, 0.3) is 0 Å². The molecular formula is C26H19BrClNO3. The predicted molar refractivity (Wildman–Crippen MR) is 130 cm³/mol. The molecular weight excluding hydrogens is 490 g/mol. The molecule has 0 aliphatic heterocycles. The number of carbonyl (C=O) groups is 2. The summed E-state index contributed by atoms with van der Waals surface area (Å²) in [5.74, 6) is -0.791. The van der Waals surface area contributed by atoms with Crippen LogP contribution in [0.15, 0.2) is 83.3 Å². The highest BCUT2D eigenvalue weighted by atomic mass is 79.9. The third kappa shape index (κ3) is 4.74. The molecule has 3 aromatic carbocycles. The highest BCUT2D eigenvalue weighted by molar-refractivity contribution is 9.10. The van der Waals surface area contributed by atoms with Gasteiger partial charge in [0.15, 0.2) is 6.10 Å². The maximum atomic E-state index is 13.3. The van der Waals surface area contributed by atoms with E-state index in [1.807, 2.05) is 43.3 Å². The smallest absolute Gasteiger partial charge is 0.339 e. The SMILES string of the molecule is CCC(OC(=O)c1cc(-c2ccc(Cl)cc2)nc2ccc(Br)cc12)C(=O)c1ccccc1. The van der Waals surface area contributed by atoms with Gasteiger partial charge in [-0.2, -0.15) is 0 Å². The van der Waals surface area contributed by atoms with E-state index in [0.29, 0.717) is 39.2 Å². The van der Waals surface area contributed by atoms with Gasteiger partial charge in [-0.3, -0.25) is 4.79 Å². The van der Waals surface area contributed by atoms with Crippen LogP contribution in [0.2, 0.25) is 5.02 Å². The second-order valence-corrected chi connectivity index (χ2v) is 8.61. The van der Waals surface area contributed by atoms with Crippen molar-refractivity contribution in [2.45, 2.75) is 19.4 Å². The van der Waals surface area contributed by atoms with Crippen LogP contribution >= 0.6 is 27.5 Å². The van der Waals surface area contributed by atoms with Crippen LogP contribution in [0.5, 0.6) is 0 Å². The van der Waals surface area contributed by atoms with Crippen molar-refractivity contribution in [2.24, 2.45) is 0 Å². The monoisotopic (exact) mass is 507 g/mol. The third-order valence-corrected chi connectivity index (χ3v) is 5.85. The zero-order valence-electron chi connectivity index (χ0n) is 17.2. The Morgan fingerprint density at radius 2 is 1.72 bits per heavy atom. The number of benzene rings is 3. The van der Waals surface area contributed by atoms with E-state index in [-0.39, 0.29) is 5.78 Å². The lowest BCUT2D eigenvalue weighted by Gasteiger charge is -2.17. The van der Waals surface area contributed by atoms with Crippen LogP contribution in [0.3, 0.4) is 0 Å². The summed E-state index contributed by atoms with van der Waals surface area (Å²) < 4.78 is 6.52. The number of hydrogen-bond acceptors (Lipinski definition) is 4. The number of fused-ring (bicyclic) bond motifs is 1. The van der Waals surface area contributed by atoms with Crippen molar-refractivity contribution in [2.75, 3.05) is 0 Å². The lowest BCUT2D eigenvalue weighted by atomic mass is 10.0. The minimum Gasteiger partial charge on any atom is -0.450 e. The number of nitrogens with zero attached hydrogens (tertiary/aromatic N) is 1. The van der Waals surface area contributed by atoms with Gasteiger partial charge in [0.1, 0.15) is 0 Å². The number of aromatic nitrogens is 1. The number of ether oxygens (including phenoxy) is 1. The molecule has 0 saturated carbocycles. The molecule has 1 aromatic heterocycles. The maximum Gasteiger partial charge on any atom is 0.339 e. The van der Waals surface area contributed by atoms with Crippen LogP contribution < -0.4 is 0 Å². The molecule has 1 unspecified atom stereocenters. The number of Topliss-reactive ketones (excluding diaryl/α,β-unsaturated/α-hetero) is 1. The van der Waals surface area contributed by atoms with Gasteiger partial charge in [-0.25, -0.2) is 9.78 Å². The molecule has 4 rings (SSSR count). The van der Waals surface area contributed by atoms with Crippen LogP contribution in [-0.4, -0.2) is 22.8 Å². The Morgan fingerprint density at radius 3 is 2.41 bits per heavy atom. The number of pyridine rings is 1. The fourth-order valence-corrected chi connectivity index (χ4v) is 3.93. The minimum absolute atomic E-state index is 0.223. The first kappa shape index (κ1) is 22.2. The summed E-state index contributed by atoms with van der Waals surface area (Å²) in [5.41, 5.74) is 2.94. The molecule has 0 aliphatic carbocycles. The summed E-state index contributed by atoms with van der Waals surface area (Å²) in [6.45, 7) is 1.82.